The summed E-state index contributed by atoms with van der Waals surface area (Å²) in [7, 11) is 1.76. The van der Waals surface area contributed by atoms with Crippen molar-refractivity contribution in [2.24, 2.45) is 0 Å². The van der Waals surface area contributed by atoms with Crippen LogP contribution in [0.15, 0.2) is 79.1 Å². The van der Waals surface area contributed by atoms with E-state index in [1.165, 1.54) is 0 Å². The van der Waals surface area contributed by atoms with Crippen LogP contribution in [-0.4, -0.2) is 46.5 Å². The fraction of sp³-hybridized carbons (Fsp3) is 0.200. The minimum atomic E-state index is -0.216. The lowest BCUT2D eigenvalue weighted by Gasteiger charge is -2.29. The second-order valence-corrected chi connectivity index (χ2v) is 7.69. The summed E-state index contributed by atoms with van der Waals surface area (Å²) < 4.78 is 19.5. The molecule has 1 amide bonds. The van der Waals surface area contributed by atoms with Crippen LogP contribution in [-0.2, 0) is 6.61 Å². The fourth-order valence-corrected chi connectivity index (χ4v) is 3.67. The Morgan fingerprint density at radius 1 is 1.09 bits per heavy atom. The van der Waals surface area contributed by atoms with Crippen molar-refractivity contribution in [1.82, 2.24) is 14.3 Å². The largest absolute Gasteiger partial charge is 0.487 e. The van der Waals surface area contributed by atoms with Gasteiger partial charge in [0.15, 0.2) is 17.6 Å². The summed E-state index contributed by atoms with van der Waals surface area (Å²) in [4.78, 5) is 19.0. The highest BCUT2D eigenvalue weighted by Gasteiger charge is 2.24. The van der Waals surface area contributed by atoms with Crippen LogP contribution in [0.2, 0.25) is 0 Å². The van der Waals surface area contributed by atoms with E-state index >= 15 is 0 Å². The van der Waals surface area contributed by atoms with Crippen LogP contribution in [0, 0.1) is 0 Å². The van der Waals surface area contributed by atoms with Crippen LogP contribution in [0.4, 0.5) is 0 Å². The maximum atomic E-state index is 12.8. The van der Waals surface area contributed by atoms with Gasteiger partial charge in [-0.25, -0.2) is 4.98 Å². The summed E-state index contributed by atoms with van der Waals surface area (Å²) >= 11 is 0. The number of hydrogen-bond acceptors (Lipinski definition) is 5. The number of fused-ring (bicyclic) bond motifs is 2. The van der Waals surface area contributed by atoms with Crippen LogP contribution in [0.25, 0.3) is 5.65 Å². The number of amides is 1. The number of aromatic nitrogens is 2. The van der Waals surface area contributed by atoms with Gasteiger partial charge in [0.2, 0.25) is 0 Å². The Morgan fingerprint density at radius 3 is 2.69 bits per heavy atom. The smallest absolute Gasteiger partial charge is 0.253 e. The quantitative estimate of drug-likeness (QED) is 0.466. The molecule has 5 rings (SSSR count). The maximum Gasteiger partial charge on any atom is 0.253 e. The first-order valence-electron chi connectivity index (χ1n) is 10.4. The van der Waals surface area contributed by atoms with Gasteiger partial charge < -0.3 is 23.5 Å². The van der Waals surface area contributed by atoms with Crippen molar-refractivity contribution in [3.63, 3.8) is 0 Å². The van der Waals surface area contributed by atoms with Gasteiger partial charge in [0, 0.05) is 25.0 Å². The van der Waals surface area contributed by atoms with E-state index in [0.717, 1.165) is 17.1 Å². The fourth-order valence-electron chi connectivity index (χ4n) is 3.67. The second-order valence-electron chi connectivity index (χ2n) is 7.69. The highest BCUT2D eigenvalue weighted by Crippen LogP contribution is 2.31. The second kappa shape index (κ2) is 8.63. The van der Waals surface area contributed by atoms with Gasteiger partial charge in [0.1, 0.15) is 24.6 Å². The van der Waals surface area contributed by atoms with Crippen LogP contribution in [0.5, 0.6) is 17.2 Å². The van der Waals surface area contributed by atoms with E-state index in [-0.39, 0.29) is 12.0 Å². The average Bonchev–Trinajstić information content (AvgIpc) is 3.25. The molecule has 2 aromatic heterocycles. The Balaban J connectivity index is 1.16. The minimum Gasteiger partial charge on any atom is -0.487 e. The van der Waals surface area contributed by atoms with Crippen LogP contribution < -0.4 is 14.2 Å². The molecule has 0 spiro atoms. The molecule has 7 nitrogen and oxygen atoms in total. The standard InChI is InChI=1S/C25H23N3O4/c1-27(15-21-17-31-22-6-2-3-7-23(22)32-21)25(29)18-9-11-20(12-10-18)30-16-19-14-28-13-5-4-8-24(28)26-19/h2-14,21H,15-17H2,1H3/t21-/m0/s1. The highest BCUT2D eigenvalue weighted by atomic mass is 16.6. The van der Waals surface area contributed by atoms with Crippen molar-refractivity contribution in [2.75, 3.05) is 20.2 Å². The SMILES string of the molecule is CN(C[C@H]1COc2ccccc2O1)C(=O)c1ccc(OCc2cn3ccccc3n2)cc1. The molecule has 32 heavy (non-hydrogen) atoms. The third kappa shape index (κ3) is 4.23. The van der Waals surface area contributed by atoms with Gasteiger partial charge in [0.05, 0.1) is 12.2 Å². The number of rotatable bonds is 6. The zero-order valence-electron chi connectivity index (χ0n) is 17.7. The number of likely N-dealkylation sites (N-methyl/N-ethyl adjacent to an activating group) is 1. The van der Waals surface area contributed by atoms with Gasteiger partial charge in [-0.1, -0.05) is 18.2 Å². The predicted molar refractivity (Wildman–Crippen MR) is 119 cm³/mol. The first-order chi connectivity index (χ1) is 15.7. The zero-order valence-corrected chi connectivity index (χ0v) is 17.7. The van der Waals surface area contributed by atoms with E-state index in [1.807, 2.05) is 59.3 Å². The molecule has 0 radical (unpaired) electrons. The molecule has 162 valence electrons. The van der Waals surface area contributed by atoms with Crippen molar-refractivity contribution in [3.8, 4) is 17.2 Å². The molecule has 0 unspecified atom stereocenters. The Kier molecular flexibility index (Phi) is 5.37. The molecule has 0 fully saturated rings. The Bertz CT molecular complexity index is 1200. The topological polar surface area (TPSA) is 65.3 Å². The molecule has 1 aliphatic heterocycles. The van der Waals surface area contributed by atoms with Gasteiger partial charge in [-0.2, -0.15) is 0 Å². The summed E-state index contributed by atoms with van der Waals surface area (Å²) in [6.07, 6.45) is 3.68. The number of nitrogens with zero attached hydrogens (tertiary/aromatic N) is 3. The van der Waals surface area contributed by atoms with E-state index in [2.05, 4.69) is 4.98 Å². The normalized spacial score (nSPS) is 14.8. The molecule has 7 heteroatoms. The number of imidazole rings is 1. The van der Waals surface area contributed by atoms with Crippen LogP contribution in [0.1, 0.15) is 16.1 Å². The van der Waals surface area contributed by atoms with Crippen molar-refractivity contribution in [1.29, 1.82) is 0 Å². The maximum absolute atomic E-state index is 12.8. The number of hydrogen-bond donors (Lipinski definition) is 0. The van der Waals surface area contributed by atoms with Gasteiger partial charge in [-0.05, 0) is 48.5 Å². The average molecular weight is 429 g/mol. The molecule has 0 N–H and O–H groups in total. The highest BCUT2D eigenvalue weighted by molar-refractivity contribution is 5.94. The van der Waals surface area contributed by atoms with Crippen molar-refractivity contribution in [3.05, 3.63) is 90.4 Å². The Labute approximate surface area is 185 Å². The third-order valence-corrected chi connectivity index (χ3v) is 5.29. The monoisotopic (exact) mass is 429 g/mol. The Hall–Kier alpha value is -4.00. The first kappa shape index (κ1) is 19.9. The number of carbonyl (C=O) groups is 1. The van der Waals surface area contributed by atoms with Crippen LogP contribution >= 0.6 is 0 Å². The van der Waals surface area contributed by atoms with E-state index in [1.54, 1.807) is 36.2 Å². The van der Waals surface area contributed by atoms with E-state index in [9.17, 15) is 4.79 Å². The summed E-state index contributed by atoms with van der Waals surface area (Å²) in [5.41, 5.74) is 2.31. The number of pyridine rings is 1. The number of ether oxygens (including phenoxy) is 3. The molecule has 1 aliphatic rings. The molecule has 1 atom stereocenters. The molecule has 2 aromatic carbocycles. The van der Waals surface area contributed by atoms with Gasteiger partial charge in [-0.15, -0.1) is 0 Å². The van der Waals surface area contributed by atoms with E-state index in [0.29, 0.717) is 36.8 Å². The molecular formula is C25H23N3O4. The molecule has 0 saturated carbocycles. The number of carbonyl (C=O) groups excluding carboxylic acids is 1. The minimum absolute atomic E-state index is 0.0839. The molecule has 0 bridgehead atoms. The van der Waals surface area contributed by atoms with Crippen molar-refractivity contribution in [2.45, 2.75) is 12.7 Å². The van der Waals surface area contributed by atoms with Crippen molar-refractivity contribution >= 4 is 11.6 Å². The molecular weight excluding hydrogens is 406 g/mol. The predicted octanol–water partition coefficient (Wildman–Crippen LogP) is 3.83. The van der Waals surface area contributed by atoms with Crippen molar-refractivity contribution < 1.29 is 19.0 Å². The Morgan fingerprint density at radius 2 is 1.88 bits per heavy atom. The summed E-state index contributed by atoms with van der Waals surface area (Å²) in [6.45, 7) is 1.19. The summed E-state index contributed by atoms with van der Waals surface area (Å²) in [5, 5.41) is 0. The third-order valence-electron chi connectivity index (χ3n) is 5.29. The molecule has 0 saturated heterocycles. The lowest BCUT2D eigenvalue weighted by atomic mass is 10.2. The van der Waals surface area contributed by atoms with E-state index in [4.69, 9.17) is 14.2 Å². The lowest BCUT2D eigenvalue weighted by Crippen LogP contribution is -2.41. The zero-order chi connectivity index (χ0) is 21.9. The molecule has 4 aromatic rings. The van der Waals surface area contributed by atoms with Gasteiger partial charge in [0.25, 0.3) is 5.91 Å². The summed E-state index contributed by atoms with van der Waals surface area (Å²) in [5.74, 6) is 2.04. The lowest BCUT2D eigenvalue weighted by molar-refractivity contribution is 0.0521. The van der Waals surface area contributed by atoms with Crippen LogP contribution in [0.3, 0.4) is 0 Å². The number of benzene rings is 2. The van der Waals surface area contributed by atoms with Gasteiger partial charge >= 0.3 is 0 Å². The summed E-state index contributed by atoms with van der Waals surface area (Å²) in [6, 6.07) is 20.5. The molecule has 3 heterocycles. The molecule has 0 aliphatic carbocycles. The van der Waals surface area contributed by atoms with Gasteiger partial charge in [-0.3, -0.25) is 4.79 Å². The first-order valence-corrected chi connectivity index (χ1v) is 10.4. The van der Waals surface area contributed by atoms with E-state index < -0.39 is 0 Å². The number of para-hydroxylation sites is 2.